The number of allylic oxidation sites excluding steroid dienone is 5. The summed E-state index contributed by atoms with van der Waals surface area (Å²) in [6, 6.07) is -1.01. The number of rotatable bonds is 33. The highest BCUT2D eigenvalue weighted by Crippen LogP contribution is 2.22. The minimum absolute atomic E-state index is 0.219. The highest BCUT2D eigenvalue weighted by Gasteiger charge is 2.44. The Labute approximate surface area is 322 Å². The molecule has 0 radical (unpaired) electrons. The second-order valence-electron chi connectivity index (χ2n) is 15.1. The SMILES string of the molecule is CCCCCCCCCCCC/C=C/CC[C@@H](O)C(=O)N[C@H](CO[C@@H]1O[C@H](CO)[C@@H](O)[C@H](O)[C@H]1O)[C@H](O)/C=C/CC/C=C(\C)CCCCCCCCC. The van der Waals surface area contributed by atoms with Crippen LogP contribution in [0.2, 0.25) is 0 Å². The van der Waals surface area contributed by atoms with Gasteiger partial charge in [-0.05, 0) is 58.3 Å². The fourth-order valence-electron chi connectivity index (χ4n) is 6.54. The van der Waals surface area contributed by atoms with Crippen molar-refractivity contribution < 1.29 is 44.9 Å². The van der Waals surface area contributed by atoms with Crippen molar-refractivity contribution in [2.75, 3.05) is 13.2 Å². The normalized spacial score (nSPS) is 22.8. The smallest absolute Gasteiger partial charge is 0.249 e. The molecule has 0 saturated carbocycles. The van der Waals surface area contributed by atoms with Crippen LogP contribution in [0.4, 0.5) is 0 Å². The van der Waals surface area contributed by atoms with E-state index >= 15 is 0 Å². The maximum absolute atomic E-state index is 13.0. The lowest BCUT2D eigenvalue weighted by Crippen LogP contribution is -2.60. The first-order chi connectivity index (χ1) is 25.7. The summed E-state index contributed by atoms with van der Waals surface area (Å²) >= 11 is 0. The molecule has 0 spiro atoms. The van der Waals surface area contributed by atoms with Crippen molar-refractivity contribution in [2.24, 2.45) is 0 Å². The van der Waals surface area contributed by atoms with Gasteiger partial charge in [-0.3, -0.25) is 4.79 Å². The van der Waals surface area contributed by atoms with Gasteiger partial charge in [-0.15, -0.1) is 0 Å². The molecule has 1 aliphatic heterocycles. The number of carbonyl (C=O) groups is 1. The third-order valence-corrected chi connectivity index (χ3v) is 10.2. The first-order valence-corrected chi connectivity index (χ1v) is 21.2. The van der Waals surface area contributed by atoms with Crippen LogP contribution in [0.1, 0.15) is 168 Å². The molecule has 0 aliphatic carbocycles. The molecular weight excluding hydrogens is 674 g/mol. The minimum Gasteiger partial charge on any atom is -0.394 e. The Hall–Kier alpha value is -1.63. The van der Waals surface area contributed by atoms with Gasteiger partial charge in [0.2, 0.25) is 5.91 Å². The number of aliphatic hydroxyl groups excluding tert-OH is 6. The Bertz CT molecular complexity index is 971. The van der Waals surface area contributed by atoms with Gasteiger partial charge in [-0.1, -0.05) is 146 Å². The van der Waals surface area contributed by atoms with Gasteiger partial charge in [0.15, 0.2) is 6.29 Å². The number of carbonyl (C=O) groups excluding carboxylic acids is 1. The fourth-order valence-corrected chi connectivity index (χ4v) is 6.54. The van der Waals surface area contributed by atoms with E-state index < -0.39 is 61.5 Å². The Kier molecular flexibility index (Phi) is 30.4. The molecule has 0 aromatic heterocycles. The van der Waals surface area contributed by atoms with E-state index in [-0.39, 0.29) is 13.0 Å². The Balaban J connectivity index is 2.58. The number of amides is 1. The van der Waals surface area contributed by atoms with Crippen LogP contribution in [-0.2, 0) is 14.3 Å². The predicted molar refractivity (Wildman–Crippen MR) is 213 cm³/mol. The van der Waals surface area contributed by atoms with Crippen LogP contribution in [0.25, 0.3) is 0 Å². The lowest BCUT2D eigenvalue weighted by molar-refractivity contribution is -0.302. The van der Waals surface area contributed by atoms with Crippen molar-refractivity contribution in [1.29, 1.82) is 0 Å². The van der Waals surface area contributed by atoms with Crippen LogP contribution in [0.5, 0.6) is 0 Å². The quantitative estimate of drug-likeness (QED) is 0.0274. The molecule has 8 atom stereocenters. The molecule has 1 aliphatic rings. The third kappa shape index (κ3) is 23.8. The van der Waals surface area contributed by atoms with Crippen LogP contribution in [0, 0.1) is 0 Å². The van der Waals surface area contributed by atoms with E-state index in [1.54, 1.807) is 6.08 Å². The molecule has 1 fully saturated rings. The van der Waals surface area contributed by atoms with Gasteiger partial charge < -0.3 is 45.4 Å². The van der Waals surface area contributed by atoms with Gasteiger partial charge in [0.1, 0.15) is 30.5 Å². The molecule has 10 nitrogen and oxygen atoms in total. The zero-order valence-corrected chi connectivity index (χ0v) is 33.6. The number of hydrogen-bond acceptors (Lipinski definition) is 9. The number of aliphatic hydroxyl groups is 6. The largest absolute Gasteiger partial charge is 0.394 e. The van der Waals surface area contributed by atoms with Crippen molar-refractivity contribution in [2.45, 2.75) is 217 Å². The molecule has 7 N–H and O–H groups in total. The van der Waals surface area contributed by atoms with Crippen molar-refractivity contribution >= 4 is 5.91 Å². The number of unbranched alkanes of at least 4 members (excludes halogenated alkanes) is 17. The van der Waals surface area contributed by atoms with Crippen LogP contribution >= 0.6 is 0 Å². The molecule has 1 amide bonds. The number of hydrogen-bond donors (Lipinski definition) is 7. The van der Waals surface area contributed by atoms with Crippen molar-refractivity contribution in [3.8, 4) is 0 Å². The fraction of sp³-hybridized carbons (Fsp3) is 0.837. The molecule has 1 heterocycles. The lowest BCUT2D eigenvalue weighted by atomic mass is 9.99. The zero-order valence-electron chi connectivity index (χ0n) is 33.6. The van der Waals surface area contributed by atoms with Crippen LogP contribution in [0.15, 0.2) is 36.0 Å². The molecule has 53 heavy (non-hydrogen) atoms. The minimum atomic E-state index is -1.62. The van der Waals surface area contributed by atoms with Crippen LogP contribution < -0.4 is 5.32 Å². The van der Waals surface area contributed by atoms with Crippen LogP contribution in [0.3, 0.4) is 0 Å². The average molecular weight is 754 g/mol. The highest BCUT2D eigenvalue weighted by molar-refractivity contribution is 5.80. The van der Waals surface area contributed by atoms with Gasteiger partial charge >= 0.3 is 0 Å². The standard InChI is InChI=1S/C43H79NO9/c1-4-6-8-10-12-13-14-15-16-17-18-20-22-26-31-37(47)42(51)44-35(33-52-43-41(50)40(49)39(48)38(32-45)53-43)36(46)30-27-23-25-29-34(3)28-24-21-19-11-9-7-5-2/h20,22,27,29-30,35-41,43,45-50H,4-19,21,23-26,28,31-33H2,1-3H3,(H,44,51)/b22-20+,30-27+,34-29+/t35-,36-,37-,38-,39-,40+,41-,43-/m1/s1. The molecule has 0 bridgehead atoms. The third-order valence-electron chi connectivity index (χ3n) is 10.2. The van der Waals surface area contributed by atoms with Crippen molar-refractivity contribution in [1.82, 2.24) is 5.32 Å². The summed E-state index contributed by atoms with van der Waals surface area (Å²) in [4.78, 5) is 13.0. The van der Waals surface area contributed by atoms with Gasteiger partial charge in [-0.25, -0.2) is 0 Å². The number of nitrogens with one attached hydrogen (secondary N) is 1. The second-order valence-corrected chi connectivity index (χ2v) is 15.1. The van der Waals surface area contributed by atoms with Gasteiger partial charge in [-0.2, -0.15) is 0 Å². The lowest BCUT2D eigenvalue weighted by Gasteiger charge is -2.40. The van der Waals surface area contributed by atoms with E-state index in [9.17, 15) is 35.4 Å². The molecule has 310 valence electrons. The maximum atomic E-state index is 13.0. The molecule has 0 aromatic carbocycles. The van der Waals surface area contributed by atoms with Gasteiger partial charge in [0, 0.05) is 0 Å². The second kappa shape index (κ2) is 32.6. The van der Waals surface area contributed by atoms with E-state index in [4.69, 9.17) is 9.47 Å². The summed E-state index contributed by atoms with van der Waals surface area (Å²) in [7, 11) is 0. The van der Waals surface area contributed by atoms with Gasteiger partial charge in [0.05, 0.1) is 25.4 Å². The Morgan fingerprint density at radius 2 is 1.28 bits per heavy atom. The molecular formula is C43H79NO9. The molecule has 1 rings (SSSR count). The summed E-state index contributed by atoms with van der Waals surface area (Å²) < 4.78 is 11.1. The van der Waals surface area contributed by atoms with Crippen molar-refractivity contribution in [3.63, 3.8) is 0 Å². The van der Waals surface area contributed by atoms with Crippen LogP contribution in [-0.4, -0.2) is 98.7 Å². The van der Waals surface area contributed by atoms with E-state index in [2.05, 4.69) is 38.2 Å². The summed E-state index contributed by atoms with van der Waals surface area (Å²) in [6.45, 7) is 5.68. The average Bonchev–Trinajstić information content (AvgIpc) is 3.15. The van der Waals surface area contributed by atoms with E-state index in [0.29, 0.717) is 12.8 Å². The predicted octanol–water partition coefficient (Wildman–Crippen LogP) is 7.08. The van der Waals surface area contributed by atoms with E-state index in [0.717, 1.165) is 25.7 Å². The summed E-state index contributed by atoms with van der Waals surface area (Å²) in [6.07, 6.45) is 26.1. The first-order valence-electron chi connectivity index (χ1n) is 21.2. The maximum Gasteiger partial charge on any atom is 0.249 e. The van der Waals surface area contributed by atoms with E-state index in [1.165, 1.54) is 108 Å². The highest BCUT2D eigenvalue weighted by atomic mass is 16.7. The molecule has 0 unspecified atom stereocenters. The zero-order chi connectivity index (χ0) is 39.1. The van der Waals surface area contributed by atoms with E-state index in [1.807, 2.05) is 12.2 Å². The Morgan fingerprint density at radius 3 is 1.89 bits per heavy atom. The topological polar surface area (TPSA) is 169 Å². The molecule has 10 heteroatoms. The Morgan fingerprint density at radius 1 is 0.717 bits per heavy atom. The van der Waals surface area contributed by atoms with Gasteiger partial charge in [0.25, 0.3) is 0 Å². The van der Waals surface area contributed by atoms with Crippen molar-refractivity contribution in [3.05, 3.63) is 36.0 Å². The molecule has 0 aromatic rings. The first kappa shape index (κ1) is 49.4. The molecule has 1 saturated heterocycles. The summed E-state index contributed by atoms with van der Waals surface area (Å²) in [5, 5.41) is 64.5. The summed E-state index contributed by atoms with van der Waals surface area (Å²) in [5.74, 6) is -0.660. The monoisotopic (exact) mass is 754 g/mol. The summed E-state index contributed by atoms with van der Waals surface area (Å²) in [5.41, 5.74) is 1.35. The number of ether oxygens (including phenoxy) is 2.